The quantitative estimate of drug-likeness (QED) is 0.359. The van der Waals surface area contributed by atoms with E-state index < -0.39 is 0 Å². The van der Waals surface area contributed by atoms with E-state index >= 15 is 0 Å². The third kappa shape index (κ3) is 5.78. The third-order valence-electron chi connectivity index (χ3n) is 5.18. The van der Waals surface area contributed by atoms with Crippen molar-refractivity contribution >= 4 is 11.6 Å². The van der Waals surface area contributed by atoms with Crippen molar-refractivity contribution in [1.29, 1.82) is 0 Å². The maximum absolute atomic E-state index is 12.6. The van der Waals surface area contributed by atoms with Gasteiger partial charge in [0.05, 0.1) is 26.5 Å². The first kappa shape index (κ1) is 23.8. The van der Waals surface area contributed by atoms with Crippen molar-refractivity contribution in [3.8, 4) is 34.6 Å². The van der Waals surface area contributed by atoms with Gasteiger partial charge in [-0.05, 0) is 72.6 Å². The molecule has 0 fully saturated rings. The molecule has 0 spiro atoms. The molecule has 0 aliphatic rings. The number of ether oxygens (including phenoxy) is 3. The predicted octanol–water partition coefficient (Wildman–Crippen LogP) is 5.24. The maximum atomic E-state index is 12.6. The number of nitrogens with zero attached hydrogens (tertiary/aromatic N) is 3. The van der Waals surface area contributed by atoms with Gasteiger partial charge in [-0.3, -0.25) is 4.79 Å². The van der Waals surface area contributed by atoms with Gasteiger partial charge in [0.1, 0.15) is 11.5 Å². The van der Waals surface area contributed by atoms with Gasteiger partial charge < -0.3 is 19.5 Å². The molecule has 4 aromatic rings. The Bertz CT molecular complexity index is 1280. The van der Waals surface area contributed by atoms with Crippen LogP contribution in [0.3, 0.4) is 0 Å². The molecule has 8 heteroatoms. The van der Waals surface area contributed by atoms with Crippen LogP contribution in [0.4, 0.5) is 5.69 Å². The van der Waals surface area contributed by atoms with Gasteiger partial charge in [-0.15, -0.1) is 5.10 Å². The van der Waals surface area contributed by atoms with Gasteiger partial charge in [0.2, 0.25) is 0 Å². The molecule has 4 rings (SSSR count). The molecule has 3 aromatic carbocycles. The Morgan fingerprint density at radius 2 is 1.66 bits per heavy atom. The largest absolute Gasteiger partial charge is 0.497 e. The molecule has 0 atom stereocenters. The zero-order chi connectivity index (χ0) is 24.8. The fraction of sp³-hybridized carbons (Fsp3) is 0.222. The first-order chi connectivity index (χ1) is 17.0. The van der Waals surface area contributed by atoms with Crippen LogP contribution in [0.25, 0.3) is 17.1 Å². The normalized spacial score (nSPS) is 10.8. The second-order valence-corrected chi connectivity index (χ2v) is 8.30. The fourth-order valence-electron chi connectivity index (χ4n) is 3.36. The Morgan fingerprint density at radius 1 is 0.943 bits per heavy atom. The van der Waals surface area contributed by atoms with Gasteiger partial charge in [-0.25, -0.2) is 4.68 Å². The van der Waals surface area contributed by atoms with Crippen LogP contribution in [0.1, 0.15) is 24.2 Å². The van der Waals surface area contributed by atoms with Crippen molar-refractivity contribution in [1.82, 2.24) is 14.8 Å². The van der Waals surface area contributed by atoms with Crippen molar-refractivity contribution < 1.29 is 19.0 Å². The van der Waals surface area contributed by atoms with Crippen LogP contribution in [0.5, 0.6) is 17.5 Å². The van der Waals surface area contributed by atoms with E-state index in [1.165, 1.54) is 0 Å². The molecule has 0 aliphatic carbocycles. The number of carbonyl (C=O) groups excluding carboxylic acids is 1. The van der Waals surface area contributed by atoms with Gasteiger partial charge in [-0.2, -0.15) is 4.98 Å². The molecule has 0 saturated heterocycles. The van der Waals surface area contributed by atoms with E-state index in [0.29, 0.717) is 41.4 Å². The molecule has 8 nitrogen and oxygen atoms in total. The van der Waals surface area contributed by atoms with Crippen molar-refractivity contribution in [3.63, 3.8) is 0 Å². The molecule has 1 heterocycles. The summed E-state index contributed by atoms with van der Waals surface area (Å²) in [5.74, 6) is 2.15. The van der Waals surface area contributed by atoms with Gasteiger partial charge in [0.15, 0.2) is 5.82 Å². The minimum absolute atomic E-state index is 0.222. The number of carbonyl (C=O) groups is 1. The summed E-state index contributed by atoms with van der Waals surface area (Å²) in [5.41, 5.74) is 2.82. The summed E-state index contributed by atoms with van der Waals surface area (Å²) >= 11 is 0. The number of rotatable bonds is 9. The third-order valence-corrected chi connectivity index (χ3v) is 5.18. The molecular formula is C27H28N4O4. The topological polar surface area (TPSA) is 87.5 Å². The smallest absolute Gasteiger partial charge is 0.336 e. The van der Waals surface area contributed by atoms with Crippen molar-refractivity contribution in [2.75, 3.05) is 26.1 Å². The van der Waals surface area contributed by atoms with Gasteiger partial charge in [0, 0.05) is 16.8 Å². The molecule has 0 aliphatic heterocycles. The minimum atomic E-state index is -0.222. The van der Waals surface area contributed by atoms with E-state index in [-0.39, 0.29) is 5.91 Å². The Hall–Kier alpha value is -4.33. The average molecular weight is 473 g/mol. The lowest BCUT2D eigenvalue weighted by Gasteiger charge is -2.09. The van der Waals surface area contributed by atoms with Gasteiger partial charge in [-0.1, -0.05) is 19.9 Å². The van der Waals surface area contributed by atoms with Crippen LogP contribution >= 0.6 is 0 Å². The summed E-state index contributed by atoms with van der Waals surface area (Å²) in [6.45, 7) is 4.65. The van der Waals surface area contributed by atoms with E-state index in [0.717, 1.165) is 17.0 Å². The van der Waals surface area contributed by atoms with Gasteiger partial charge >= 0.3 is 6.01 Å². The monoisotopic (exact) mass is 472 g/mol. The summed E-state index contributed by atoms with van der Waals surface area (Å²) in [5, 5.41) is 7.49. The van der Waals surface area contributed by atoms with E-state index in [4.69, 9.17) is 14.2 Å². The number of anilines is 1. The van der Waals surface area contributed by atoms with Crippen LogP contribution in [0.2, 0.25) is 0 Å². The van der Waals surface area contributed by atoms with Crippen molar-refractivity contribution in [2.45, 2.75) is 13.8 Å². The van der Waals surface area contributed by atoms with Crippen LogP contribution in [0, 0.1) is 5.92 Å². The summed E-state index contributed by atoms with van der Waals surface area (Å²) in [4.78, 5) is 17.3. The Labute approximate surface area is 204 Å². The first-order valence-electron chi connectivity index (χ1n) is 11.3. The van der Waals surface area contributed by atoms with Crippen molar-refractivity contribution in [3.05, 3.63) is 78.4 Å². The average Bonchev–Trinajstić information content (AvgIpc) is 3.32. The second kappa shape index (κ2) is 10.7. The van der Waals surface area contributed by atoms with Gasteiger partial charge in [0.25, 0.3) is 5.91 Å². The molecular weight excluding hydrogens is 444 g/mol. The van der Waals surface area contributed by atoms with E-state index in [2.05, 4.69) is 29.2 Å². The SMILES string of the molecule is COc1ccc(-c2nc(OCC(C)C)nn2-c2ccc(NC(=O)c3cccc(OC)c3)cc2)cc1. The molecule has 0 radical (unpaired) electrons. The van der Waals surface area contributed by atoms with Crippen LogP contribution in [-0.4, -0.2) is 41.5 Å². The van der Waals surface area contributed by atoms with E-state index in [1.807, 2.05) is 48.5 Å². The van der Waals surface area contributed by atoms with Crippen LogP contribution in [-0.2, 0) is 0 Å². The maximum Gasteiger partial charge on any atom is 0.336 e. The molecule has 1 amide bonds. The zero-order valence-corrected chi connectivity index (χ0v) is 20.2. The van der Waals surface area contributed by atoms with Crippen molar-refractivity contribution in [2.24, 2.45) is 5.92 Å². The summed E-state index contributed by atoms with van der Waals surface area (Å²) in [6, 6.07) is 22.3. The number of nitrogens with one attached hydrogen (secondary N) is 1. The first-order valence-corrected chi connectivity index (χ1v) is 11.3. The second-order valence-electron chi connectivity index (χ2n) is 8.30. The Kier molecular flexibility index (Phi) is 7.30. The lowest BCUT2D eigenvalue weighted by molar-refractivity contribution is 0.102. The summed E-state index contributed by atoms with van der Waals surface area (Å²) in [6.07, 6.45) is 0. The molecule has 0 unspecified atom stereocenters. The fourth-order valence-corrected chi connectivity index (χ4v) is 3.36. The van der Waals surface area contributed by atoms with E-state index in [1.54, 1.807) is 43.2 Å². The zero-order valence-electron chi connectivity index (χ0n) is 20.2. The number of hydrogen-bond acceptors (Lipinski definition) is 6. The summed E-state index contributed by atoms with van der Waals surface area (Å²) in [7, 11) is 3.20. The highest BCUT2D eigenvalue weighted by atomic mass is 16.5. The number of methoxy groups -OCH3 is 2. The molecule has 35 heavy (non-hydrogen) atoms. The van der Waals surface area contributed by atoms with Crippen LogP contribution in [0.15, 0.2) is 72.8 Å². The number of benzene rings is 3. The van der Waals surface area contributed by atoms with E-state index in [9.17, 15) is 4.79 Å². The number of amides is 1. The lowest BCUT2D eigenvalue weighted by Crippen LogP contribution is -2.12. The predicted molar refractivity (Wildman–Crippen MR) is 135 cm³/mol. The molecule has 1 N–H and O–H groups in total. The molecule has 0 saturated carbocycles. The minimum Gasteiger partial charge on any atom is -0.497 e. The molecule has 180 valence electrons. The molecule has 0 bridgehead atoms. The highest BCUT2D eigenvalue weighted by Gasteiger charge is 2.16. The number of aromatic nitrogens is 3. The standard InChI is InChI=1S/C27H28N4O4/c1-18(2)17-35-27-29-25(19-8-14-23(33-3)15-9-19)31(30-27)22-12-10-21(11-13-22)28-26(32)20-6-5-7-24(16-20)34-4/h5-16,18H,17H2,1-4H3,(H,28,32). The number of hydrogen-bond donors (Lipinski definition) is 1. The molecule has 1 aromatic heterocycles. The summed E-state index contributed by atoms with van der Waals surface area (Å²) < 4.78 is 18.0. The Balaban J connectivity index is 1.59. The lowest BCUT2D eigenvalue weighted by atomic mass is 10.2. The highest BCUT2D eigenvalue weighted by molar-refractivity contribution is 6.04. The highest BCUT2D eigenvalue weighted by Crippen LogP contribution is 2.26. The Morgan fingerprint density at radius 3 is 2.31 bits per heavy atom. The van der Waals surface area contributed by atoms with Crippen LogP contribution < -0.4 is 19.5 Å².